The van der Waals surface area contributed by atoms with Crippen molar-refractivity contribution in [3.8, 4) is 0 Å². The lowest BCUT2D eigenvalue weighted by Crippen LogP contribution is -2.14. The Kier molecular flexibility index (Phi) is 5.42. The standard InChI is InChI=1S/C21H21N3O/c1-16-6-5-9-18(14-16)24-21(25)20-11-10-19(15-23-20)22-13-12-17-7-3-2-4-8-17/h2-11,14-15,22H,12-13H2,1H3,(H,24,25). The molecule has 0 spiro atoms. The largest absolute Gasteiger partial charge is 0.383 e. The van der Waals surface area contributed by atoms with Gasteiger partial charge in [0.25, 0.3) is 5.91 Å². The quantitative estimate of drug-likeness (QED) is 0.708. The normalized spacial score (nSPS) is 10.3. The molecule has 4 heteroatoms. The minimum atomic E-state index is -0.207. The van der Waals surface area contributed by atoms with Gasteiger partial charge in [0.1, 0.15) is 5.69 Å². The minimum absolute atomic E-state index is 0.207. The number of anilines is 2. The highest BCUT2D eigenvalue weighted by Gasteiger charge is 2.07. The van der Waals surface area contributed by atoms with E-state index in [1.54, 1.807) is 12.3 Å². The lowest BCUT2D eigenvalue weighted by Gasteiger charge is -2.08. The number of nitrogens with zero attached hydrogens (tertiary/aromatic N) is 1. The predicted molar refractivity (Wildman–Crippen MR) is 102 cm³/mol. The van der Waals surface area contributed by atoms with Crippen molar-refractivity contribution in [2.24, 2.45) is 0 Å². The lowest BCUT2D eigenvalue weighted by molar-refractivity contribution is 0.102. The van der Waals surface area contributed by atoms with Gasteiger partial charge in [0, 0.05) is 12.2 Å². The van der Waals surface area contributed by atoms with Gasteiger partial charge in [-0.1, -0.05) is 42.5 Å². The summed E-state index contributed by atoms with van der Waals surface area (Å²) in [5, 5.41) is 6.18. The third-order valence-corrected chi connectivity index (χ3v) is 3.86. The van der Waals surface area contributed by atoms with Crippen LogP contribution in [0.15, 0.2) is 72.9 Å². The van der Waals surface area contributed by atoms with Crippen LogP contribution in [0, 0.1) is 6.92 Å². The number of hydrogen-bond donors (Lipinski definition) is 2. The molecule has 25 heavy (non-hydrogen) atoms. The molecule has 0 aliphatic carbocycles. The first-order valence-electron chi connectivity index (χ1n) is 8.32. The number of carbonyl (C=O) groups excluding carboxylic acids is 1. The number of rotatable bonds is 6. The zero-order chi connectivity index (χ0) is 17.5. The zero-order valence-electron chi connectivity index (χ0n) is 14.2. The molecule has 0 fully saturated rings. The maximum absolute atomic E-state index is 12.2. The average molecular weight is 331 g/mol. The molecule has 126 valence electrons. The Morgan fingerprint density at radius 2 is 1.80 bits per heavy atom. The van der Waals surface area contributed by atoms with E-state index < -0.39 is 0 Å². The molecule has 0 atom stereocenters. The van der Waals surface area contributed by atoms with Crippen molar-refractivity contribution in [2.75, 3.05) is 17.2 Å². The van der Waals surface area contributed by atoms with Crippen molar-refractivity contribution < 1.29 is 4.79 Å². The maximum atomic E-state index is 12.2. The van der Waals surface area contributed by atoms with E-state index in [9.17, 15) is 4.79 Å². The first-order valence-corrected chi connectivity index (χ1v) is 8.32. The summed E-state index contributed by atoms with van der Waals surface area (Å²) in [7, 11) is 0. The number of amides is 1. The van der Waals surface area contributed by atoms with Crippen LogP contribution in [0.4, 0.5) is 11.4 Å². The van der Waals surface area contributed by atoms with Gasteiger partial charge in [-0.2, -0.15) is 0 Å². The van der Waals surface area contributed by atoms with Crippen molar-refractivity contribution >= 4 is 17.3 Å². The lowest BCUT2D eigenvalue weighted by atomic mass is 10.1. The van der Waals surface area contributed by atoms with E-state index in [-0.39, 0.29) is 5.91 Å². The van der Waals surface area contributed by atoms with E-state index in [0.717, 1.165) is 29.9 Å². The second-order valence-corrected chi connectivity index (χ2v) is 5.92. The topological polar surface area (TPSA) is 54.0 Å². The van der Waals surface area contributed by atoms with Gasteiger partial charge in [-0.3, -0.25) is 4.79 Å². The fraction of sp³-hybridized carbons (Fsp3) is 0.143. The summed E-state index contributed by atoms with van der Waals surface area (Å²) < 4.78 is 0. The molecule has 0 unspecified atom stereocenters. The molecule has 1 aromatic heterocycles. The number of aryl methyl sites for hydroxylation is 1. The van der Waals surface area contributed by atoms with Crippen LogP contribution in [-0.4, -0.2) is 17.4 Å². The Morgan fingerprint density at radius 1 is 0.960 bits per heavy atom. The van der Waals surface area contributed by atoms with Crippen LogP contribution in [-0.2, 0) is 6.42 Å². The molecule has 0 saturated heterocycles. The van der Waals surface area contributed by atoms with Crippen LogP contribution in [0.5, 0.6) is 0 Å². The number of nitrogens with one attached hydrogen (secondary N) is 2. The van der Waals surface area contributed by atoms with E-state index >= 15 is 0 Å². The van der Waals surface area contributed by atoms with Gasteiger partial charge in [-0.05, 0) is 48.7 Å². The second-order valence-electron chi connectivity index (χ2n) is 5.92. The smallest absolute Gasteiger partial charge is 0.274 e. The molecule has 2 N–H and O–H groups in total. The number of carbonyl (C=O) groups is 1. The molecule has 3 aromatic rings. The third-order valence-electron chi connectivity index (χ3n) is 3.86. The van der Waals surface area contributed by atoms with Crippen LogP contribution in [0.2, 0.25) is 0 Å². The van der Waals surface area contributed by atoms with Crippen LogP contribution in [0.25, 0.3) is 0 Å². The molecule has 0 bridgehead atoms. The maximum Gasteiger partial charge on any atom is 0.274 e. The molecular formula is C21H21N3O. The Morgan fingerprint density at radius 3 is 2.52 bits per heavy atom. The summed E-state index contributed by atoms with van der Waals surface area (Å²) in [4.78, 5) is 16.5. The Labute approximate surface area is 147 Å². The number of pyridine rings is 1. The van der Waals surface area contributed by atoms with E-state index in [2.05, 4.69) is 27.8 Å². The minimum Gasteiger partial charge on any atom is -0.383 e. The molecule has 4 nitrogen and oxygen atoms in total. The molecule has 0 radical (unpaired) electrons. The summed E-state index contributed by atoms with van der Waals surface area (Å²) in [5.41, 5.74) is 4.47. The van der Waals surface area contributed by atoms with Crippen LogP contribution >= 0.6 is 0 Å². The SMILES string of the molecule is Cc1cccc(NC(=O)c2ccc(NCCc3ccccc3)cn2)c1. The summed E-state index contributed by atoms with van der Waals surface area (Å²) in [5.74, 6) is -0.207. The highest BCUT2D eigenvalue weighted by molar-refractivity contribution is 6.02. The van der Waals surface area contributed by atoms with E-state index in [4.69, 9.17) is 0 Å². The molecule has 0 aliphatic rings. The Hall–Kier alpha value is -3.14. The predicted octanol–water partition coefficient (Wildman–Crippen LogP) is 4.30. The van der Waals surface area contributed by atoms with E-state index in [1.165, 1.54) is 5.56 Å². The highest BCUT2D eigenvalue weighted by Crippen LogP contribution is 2.12. The van der Waals surface area contributed by atoms with Crippen molar-refractivity contribution in [1.82, 2.24) is 4.98 Å². The summed E-state index contributed by atoms with van der Waals surface area (Å²) in [6.07, 6.45) is 2.63. The number of benzene rings is 2. The van der Waals surface area contributed by atoms with E-state index in [0.29, 0.717) is 5.69 Å². The molecule has 1 amide bonds. The average Bonchev–Trinajstić information content (AvgIpc) is 2.63. The van der Waals surface area contributed by atoms with Crippen molar-refractivity contribution in [3.63, 3.8) is 0 Å². The van der Waals surface area contributed by atoms with Crippen LogP contribution in [0.3, 0.4) is 0 Å². The molecule has 1 heterocycles. The molecule has 0 aliphatic heterocycles. The van der Waals surface area contributed by atoms with Crippen molar-refractivity contribution in [1.29, 1.82) is 0 Å². The second kappa shape index (κ2) is 8.11. The summed E-state index contributed by atoms with van der Waals surface area (Å²) in [6, 6.07) is 21.6. The monoisotopic (exact) mass is 331 g/mol. The molecule has 3 rings (SSSR count). The van der Waals surface area contributed by atoms with Crippen LogP contribution < -0.4 is 10.6 Å². The van der Waals surface area contributed by atoms with Gasteiger partial charge in [0.05, 0.1) is 11.9 Å². The molecule has 0 saturated carbocycles. The van der Waals surface area contributed by atoms with Gasteiger partial charge in [-0.15, -0.1) is 0 Å². The van der Waals surface area contributed by atoms with Gasteiger partial charge >= 0.3 is 0 Å². The van der Waals surface area contributed by atoms with Gasteiger partial charge in [-0.25, -0.2) is 4.98 Å². The molecule has 2 aromatic carbocycles. The zero-order valence-corrected chi connectivity index (χ0v) is 14.2. The summed E-state index contributed by atoms with van der Waals surface area (Å²) in [6.45, 7) is 2.81. The Bertz CT molecular complexity index is 829. The Balaban J connectivity index is 1.53. The van der Waals surface area contributed by atoms with E-state index in [1.807, 2.05) is 55.5 Å². The summed E-state index contributed by atoms with van der Waals surface area (Å²) >= 11 is 0. The van der Waals surface area contributed by atoms with Crippen molar-refractivity contribution in [3.05, 3.63) is 89.7 Å². The number of hydrogen-bond acceptors (Lipinski definition) is 3. The van der Waals surface area contributed by atoms with Gasteiger partial charge in [0.2, 0.25) is 0 Å². The van der Waals surface area contributed by atoms with Crippen LogP contribution in [0.1, 0.15) is 21.6 Å². The highest BCUT2D eigenvalue weighted by atomic mass is 16.1. The van der Waals surface area contributed by atoms with Crippen molar-refractivity contribution in [2.45, 2.75) is 13.3 Å². The third kappa shape index (κ3) is 4.91. The number of aromatic nitrogens is 1. The van der Waals surface area contributed by atoms with Gasteiger partial charge < -0.3 is 10.6 Å². The first-order chi connectivity index (χ1) is 12.2. The fourth-order valence-electron chi connectivity index (χ4n) is 2.55. The fourth-order valence-corrected chi connectivity index (χ4v) is 2.55. The first kappa shape index (κ1) is 16.7. The molecular weight excluding hydrogens is 310 g/mol. The van der Waals surface area contributed by atoms with Gasteiger partial charge in [0.15, 0.2) is 0 Å².